The number of benzene rings is 1. The highest BCUT2D eigenvalue weighted by Gasteiger charge is 2.31. The fourth-order valence-corrected chi connectivity index (χ4v) is 7.05. The molecule has 170 valence electrons. The Morgan fingerprint density at radius 2 is 1.97 bits per heavy atom. The summed E-state index contributed by atoms with van der Waals surface area (Å²) in [5.74, 6) is 0.544. The van der Waals surface area contributed by atoms with E-state index in [9.17, 15) is 13.2 Å². The molecule has 1 atom stereocenters. The molecule has 1 aliphatic rings. The summed E-state index contributed by atoms with van der Waals surface area (Å²) in [6.45, 7) is 3.82. The predicted molar refractivity (Wildman–Crippen MR) is 128 cm³/mol. The van der Waals surface area contributed by atoms with Gasteiger partial charge in [0.05, 0.1) is 34.5 Å². The molecule has 4 heterocycles. The van der Waals surface area contributed by atoms with Crippen molar-refractivity contribution in [3.05, 3.63) is 65.9 Å². The number of para-hydroxylation sites is 1. The third-order valence-electron chi connectivity index (χ3n) is 6.03. The van der Waals surface area contributed by atoms with E-state index in [2.05, 4.69) is 15.1 Å². The van der Waals surface area contributed by atoms with Crippen molar-refractivity contribution in [2.75, 3.05) is 17.3 Å². The van der Waals surface area contributed by atoms with Crippen molar-refractivity contribution < 1.29 is 13.2 Å². The minimum absolute atomic E-state index is 0.0117. The topological polar surface area (TPSA) is 99.7 Å². The van der Waals surface area contributed by atoms with Crippen LogP contribution in [0.4, 0.5) is 0 Å². The number of carbonyl (C=O) groups excluding carboxylic acids is 1. The summed E-state index contributed by atoms with van der Waals surface area (Å²) in [5, 5.41) is 5.95. The maximum absolute atomic E-state index is 13.1. The summed E-state index contributed by atoms with van der Waals surface area (Å²) in [6, 6.07) is 11.5. The van der Waals surface area contributed by atoms with Crippen molar-refractivity contribution >= 4 is 38.4 Å². The molecule has 33 heavy (non-hydrogen) atoms. The molecule has 8 nitrogen and oxygen atoms in total. The number of nitrogens with zero attached hydrogens (tertiary/aromatic N) is 5. The normalized spacial score (nSPS) is 17.6. The molecule has 10 heteroatoms. The lowest BCUT2D eigenvalue weighted by atomic mass is 10.2. The van der Waals surface area contributed by atoms with Gasteiger partial charge >= 0.3 is 0 Å². The van der Waals surface area contributed by atoms with Gasteiger partial charge in [-0.2, -0.15) is 5.10 Å². The quantitative estimate of drug-likeness (QED) is 0.236. The Hall–Kier alpha value is -2.98. The number of rotatable bonds is 6. The number of hydrogen-bond donors (Lipinski definition) is 0. The molecule has 0 spiro atoms. The van der Waals surface area contributed by atoms with E-state index in [1.165, 1.54) is 18.1 Å². The van der Waals surface area contributed by atoms with Crippen molar-refractivity contribution in [3.8, 4) is 5.69 Å². The Morgan fingerprint density at radius 1 is 1.18 bits per heavy atom. The lowest BCUT2D eigenvalue weighted by Crippen LogP contribution is -2.14. The Bertz CT molecular complexity index is 1460. The van der Waals surface area contributed by atoms with Gasteiger partial charge in [0.2, 0.25) is 0 Å². The molecule has 3 aromatic heterocycles. The molecule has 5 rings (SSSR count). The zero-order valence-corrected chi connectivity index (χ0v) is 19.9. The molecule has 1 fully saturated rings. The van der Waals surface area contributed by atoms with Crippen LogP contribution < -0.4 is 0 Å². The number of thioether (sulfide) groups is 1. The van der Waals surface area contributed by atoms with Gasteiger partial charge in [0.1, 0.15) is 11.4 Å². The third kappa shape index (κ3) is 4.08. The predicted octanol–water partition coefficient (Wildman–Crippen LogP) is 3.57. The summed E-state index contributed by atoms with van der Waals surface area (Å²) in [5.41, 5.74) is 3.96. The Labute approximate surface area is 196 Å². The van der Waals surface area contributed by atoms with Gasteiger partial charge in [0.15, 0.2) is 21.3 Å². The SMILES string of the molecule is Cc1cc(C(=O)CSc2ncnc3c2cnn3-c2ccccc2)c(C)n1[C@H]1CCS(=O)(=O)C1. The van der Waals surface area contributed by atoms with E-state index in [4.69, 9.17) is 0 Å². The summed E-state index contributed by atoms with van der Waals surface area (Å²) >= 11 is 1.36. The van der Waals surface area contributed by atoms with Crippen molar-refractivity contribution in [2.24, 2.45) is 0 Å². The molecule has 0 N–H and O–H groups in total. The largest absolute Gasteiger partial charge is 0.344 e. The Morgan fingerprint density at radius 3 is 2.70 bits per heavy atom. The minimum atomic E-state index is -3.01. The van der Waals surface area contributed by atoms with Gasteiger partial charge in [-0.3, -0.25) is 4.79 Å². The summed E-state index contributed by atoms with van der Waals surface area (Å²) in [7, 11) is -3.01. The second-order valence-corrected chi connectivity index (χ2v) is 11.4. The zero-order valence-electron chi connectivity index (χ0n) is 18.3. The van der Waals surface area contributed by atoms with Gasteiger partial charge in [-0.05, 0) is 38.5 Å². The average Bonchev–Trinajstić information content (AvgIpc) is 3.47. The first-order valence-electron chi connectivity index (χ1n) is 10.6. The number of hydrogen-bond acceptors (Lipinski definition) is 7. The Balaban J connectivity index is 1.37. The van der Waals surface area contributed by atoms with Crippen LogP contribution in [0.3, 0.4) is 0 Å². The summed E-state index contributed by atoms with van der Waals surface area (Å²) < 4.78 is 27.6. The van der Waals surface area contributed by atoms with E-state index < -0.39 is 9.84 Å². The lowest BCUT2D eigenvalue weighted by molar-refractivity contribution is 0.102. The lowest BCUT2D eigenvalue weighted by Gasteiger charge is -2.16. The van der Waals surface area contributed by atoms with E-state index >= 15 is 0 Å². The summed E-state index contributed by atoms with van der Waals surface area (Å²) in [4.78, 5) is 21.9. The number of aryl methyl sites for hydroxylation is 1. The van der Waals surface area contributed by atoms with Crippen LogP contribution in [0.15, 0.2) is 53.9 Å². The van der Waals surface area contributed by atoms with E-state index in [1.54, 1.807) is 10.9 Å². The standard InChI is InChI=1S/C23H23N5O3S2/c1-15-10-19(16(2)27(15)18-8-9-33(30,31)13-18)21(29)12-32-23-20-11-26-28(22(20)24-14-25-23)17-6-4-3-5-7-17/h3-7,10-11,14,18H,8-9,12-13H2,1-2H3/t18-/m0/s1. The first kappa shape index (κ1) is 21.8. The second-order valence-electron chi connectivity index (χ2n) is 8.23. The van der Waals surface area contributed by atoms with Crippen molar-refractivity contribution in [1.82, 2.24) is 24.3 Å². The van der Waals surface area contributed by atoms with Crippen LogP contribution in [0.2, 0.25) is 0 Å². The van der Waals surface area contributed by atoms with Crippen molar-refractivity contribution in [2.45, 2.75) is 31.3 Å². The molecule has 1 saturated heterocycles. The first-order chi connectivity index (χ1) is 15.8. The maximum Gasteiger partial charge on any atom is 0.174 e. The minimum Gasteiger partial charge on any atom is -0.344 e. The fourth-order valence-electron chi connectivity index (χ4n) is 4.51. The van der Waals surface area contributed by atoms with Crippen LogP contribution in [0.5, 0.6) is 0 Å². The van der Waals surface area contributed by atoms with Gasteiger partial charge in [0, 0.05) is 23.0 Å². The van der Waals surface area contributed by atoms with Crippen LogP contribution in [0.1, 0.15) is 34.2 Å². The van der Waals surface area contributed by atoms with Crippen molar-refractivity contribution in [3.63, 3.8) is 0 Å². The zero-order chi connectivity index (χ0) is 23.2. The molecule has 0 aliphatic carbocycles. The molecule has 1 aliphatic heterocycles. The van der Waals surface area contributed by atoms with Crippen LogP contribution in [0.25, 0.3) is 16.7 Å². The first-order valence-corrected chi connectivity index (χ1v) is 13.4. The molecule has 0 bridgehead atoms. The maximum atomic E-state index is 13.1. The molecule has 0 radical (unpaired) electrons. The van der Waals surface area contributed by atoms with Crippen molar-refractivity contribution in [1.29, 1.82) is 0 Å². The van der Waals surface area contributed by atoms with Gasteiger partial charge in [0.25, 0.3) is 0 Å². The van der Waals surface area contributed by atoms with E-state index in [-0.39, 0.29) is 29.1 Å². The molecule has 0 amide bonds. The van der Waals surface area contributed by atoms with Gasteiger partial charge in [-0.15, -0.1) is 0 Å². The highest BCUT2D eigenvalue weighted by atomic mass is 32.2. The number of carbonyl (C=O) groups is 1. The Kier molecular flexibility index (Phi) is 5.57. The van der Waals surface area contributed by atoms with Crippen LogP contribution >= 0.6 is 11.8 Å². The fraction of sp³-hybridized carbons (Fsp3) is 0.304. The molecule has 1 aromatic carbocycles. The van der Waals surface area contributed by atoms with Crippen LogP contribution in [-0.2, 0) is 9.84 Å². The van der Waals surface area contributed by atoms with Crippen LogP contribution in [0, 0.1) is 13.8 Å². The van der Waals surface area contributed by atoms with E-state index in [1.807, 2.05) is 54.8 Å². The van der Waals surface area contributed by atoms with Gasteiger partial charge in [-0.1, -0.05) is 30.0 Å². The summed E-state index contributed by atoms with van der Waals surface area (Å²) in [6.07, 6.45) is 3.80. The van der Waals surface area contributed by atoms with Crippen LogP contribution in [-0.4, -0.2) is 55.8 Å². The molecule has 4 aromatic rings. The number of fused-ring (bicyclic) bond motifs is 1. The number of Topliss-reactive ketones (excluding diaryl/α,β-unsaturated/α-hetero) is 1. The smallest absolute Gasteiger partial charge is 0.174 e. The highest BCUT2D eigenvalue weighted by molar-refractivity contribution is 8.00. The van der Waals surface area contributed by atoms with Gasteiger partial charge < -0.3 is 4.57 Å². The van der Waals surface area contributed by atoms with E-state index in [0.29, 0.717) is 22.7 Å². The molecular weight excluding hydrogens is 458 g/mol. The molecule has 0 unspecified atom stereocenters. The third-order valence-corrected chi connectivity index (χ3v) is 8.78. The molecule has 0 saturated carbocycles. The number of aromatic nitrogens is 5. The molecular formula is C23H23N5O3S2. The monoisotopic (exact) mass is 481 g/mol. The number of sulfone groups is 1. The van der Waals surface area contributed by atoms with E-state index in [0.717, 1.165) is 22.5 Å². The second kappa shape index (κ2) is 8.42. The average molecular weight is 482 g/mol. The van der Waals surface area contributed by atoms with Gasteiger partial charge in [-0.25, -0.2) is 23.1 Å². The highest BCUT2D eigenvalue weighted by Crippen LogP contribution is 2.31. The number of ketones is 1.